The molecule has 118 valence electrons. The molecule has 8 heteroatoms. The molecule has 1 aromatic carbocycles. The molecule has 0 atom stereocenters. The van der Waals surface area contributed by atoms with Gasteiger partial charge in [0.05, 0.1) is 11.7 Å². The lowest BCUT2D eigenvalue weighted by molar-refractivity contribution is 0.101. The third-order valence-corrected chi connectivity index (χ3v) is 3.71. The van der Waals surface area contributed by atoms with Gasteiger partial charge in [-0.1, -0.05) is 0 Å². The Labute approximate surface area is 135 Å². The number of pyridine rings is 1. The normalized spacial score (nSPS) is 11.0. The number of anilines is 1. The summed E-state index contributed by atoms with van der Waals surface area (Å²) in [6.45, 7) is 1.53. The summed E-state index contributed by atoms with van der Waals surface area (Å²) >= 11 is 0. The average Bonchev–Trinajstić information content (AvgIpc) is 3.17. The highest BCUT2D eigenvalue weighted by atomic mass is 16.6. The molecule has 0 bridgehead atoms. The van der Waals surface area contributed by atoms with Gasteiger partial charge >= 0.3 is 0 Å². The molecule has 0 aliphatic heterocycles. The Morgan fingerprint density at radius 3 is 2.62 bits per heavy atom. The number of Topliss-reactive ketones (excluding diaryl/α,β-unsaturated/α-hetero) is 1. The zero-order valence-electron chi connectivity index (χ0n) is 12.7. The van der Waals surface area contributed by atoms with E-state index in [2.05, 4.69) is 20.3 Å². The summed E-state index contributed by atoms with van der Waals surface area (Å²) in [5.41, 5.74) is 9.13. The van der Waals surface area contributed by atoms with E-state index >= 15 is 0 Å². The predicted molar refractivity (Wildman–Crippen MR) is 86.6 cm³/mol. The van der Waals surface area contributed by atoms with Crippen LogP contribution in [-0.2, 0) is 0 Å². The number of rotatable bonds is 3. The zero-order chi connectivity index (χ0) is 16.7. The topological polar surface area (TPSA) is 113 Å². The van der Waals surface area contributed by atoms with Crippen LogP contribution in [0.3, 0.4) is 0 Å². The molecular formula is C16H12N6O2. The average molecular weight is 320 g/mol. The molecule has 0 saturated carbocycles. The van der Waals surface area contributed by atoms with Crippen LogP contribution in [0.1, 0.15) is 17.3 Å². The number of nitrogens with two attached hydrogens (primary N) is 1. The largest absolute Gasteiger partial charge is 0.379 e. The van der Waals surface area contributed by atoms with Gasteiger partial charge in [-0.15, -0.1) is 0 Å². The lowest BCUT2D eigenvalue weighted by Crippen LogP contribution is -2.01. The molecule has 0 unspecified atom stereocenters. The number of fused-ring (bicyclic) bond motifs is 1. The number of carbonyl (C=O) groups excluding carboxylic acids is 1. The van der Waals surface area contributed by atoms with Crippen LogP contribution < -0.4 is 5.73 Å². The van der Waals surface area contributed by atoms with Crippen LogP contribution in [0, 0.1) is 0 Å². The minimum atomic E-state index is 0.00593. The van der Waals surface area contributed by atoms with Crippen molar-refractivity contribution in [2.24, 2.45) is 0 Å². The summed E-state index contributed by atoms with van der Waals surface area (Å²) < 4.78 is 6.57. The van der Waals surface area contributed by atoms with Crippen LogP contribution in [0.2, 0.25) is 0 Å². The number of nitrogen functional groups attached to an aromatic ring is 1. The molecule has 0 spiro atoms. The summed E-state index contributed by atoms with van der Waals surface area (Å²) in [7, 11) is 0. The fourth-order valence-electron chi connectivity index (χ4n) is 2.55. The number of carbonyl (C=O) groups is 1. The number of hydrogen-bond donors (Lipinski definition) is 1. The van der Waals surface area contributed by atoms with Crippen molar-refractivity contribution in [3.8, 4) is 17.2 Å². The fraction of sp³-hybridized carbons (Fsp3) is 0.0625. The highest BCUT2D eigenvalue weighted by Gasteiger charge is 2.20. The van der Waals surface area contributed by atoms with Crippen molar-refractivity contribution >= 4 is 22.6 Å². The van der Waals surface area contributed by atoms with Gasteiger partial charge in [0.25, 0.3) is 0 Å². The second-order valence-electron chi connectivity index (χ2n) is 5.24. The van der Waals surface area contributed by atoms with E-state index < -0.39 is 0 Å². The highest BCUT2D eigenvalue weighted by molar-refractivity contribution is 5.94. The molecule has 24 heavy (non-hydrogen) atoms. The number of aromatic nitrogens is 5. The van der Waals surface area contributed by atoms with Crippen molar-refractivity contribution in [1.82, 2.24) is 24.8 Å². The van der Waals surface area contributed by atoms with Crippen LogP contribution in [0.15, 0.2) is 47.4 Å². The van der Waals surface area contributed by atoms with E-state index in [0.29, 0.717) is 22.6 Å². The molecule has 4 rings (SSSR count). The van der Waals surface area contributed by atoms with Gasteiger partial charge in [-0.3, -0.25) is 14.3 Å². The van der Waals surface area contributed by atoms with Gasteiger partial charge in [-0.25, -0.2) is 9.61 Å². The van der Waals surface area contributed by atoms with E-state index in [0.717, 1.165) is 11.2 Å². The van der Waals surface area contributed by atoms with E-state index in [9.17, 15) is 4.79 Å². The van der Waals surface area contributed by atoms with Gasteiger partial charge in [0.2, 0.25) is 0 Å². The molecule has 0 aliphatic rings. The Hall–Kier alpha value is -3.55. The Morgan fingerprint density at radius 2 is 1.96 bits per heavy atom. The SMILES string of the molecule is CC(=O)c1ccc(-n2c(-c3nonc3N)nc3cnccc32)cc1. The molecule has 8 nitrogen and oxygen atoms in total. The van der Waals surface area contributed by atoms with Crippen molar-refractivity contribution in [1.29, 1.82) is 0 Å². The van der Waals surface area contributed by atoms with Crippen LogP contribution in [0.5, 0.6) is 0 Å². The van der Waals surface area contributed by atoms with Crippen LogP contribution >= 0.6 is 0 Å². The monoisotopic (exact) mass is 320 g/mol. The summed E-state index contributed by atoms with van der Waals surface area (Å²) in [6.07, 6.45) is 3.33. The molecule has 3 aromatic heterocycles. The molecule has 0 fully saturated rings. The standard InChI is InChI=1S/C16H12N6O2/c1-9(23)10-2-4-11(5-3-10)22-13-6-7-18-8-12(13)19-16(22)14-15(17)21-24-20-14/h2-8H,1H3,(H2,17,21). The van der Waals surface area contributed by atoms with Crippen LogP contribution in [0.25, 0.3) is 28.2 Å². The Bertz CT molecular complexity index is 1050. The van der Waals surface area contributed by atoms with Gasteiger partial charge in [-0.05, 0) is 47.6 Å². The van der Waals surface area contributed by atoms with Crippen LogP contribution in [0.4, 0.5) is 5.82 Å². The van der Waals surface area contributed by atoms with E-state index in [1.807, 2.05) is 22.8 Å². The lowest BCUT2D eigenvalue weighted by Gasteiger charge is -2.08. The van der Waals surface area contributed by atoms with Crippen molar-refractivity contribution in [2.45, 2.75) is 6.92 Å². The summed E-state index contributed by atoms with van der Waals surface area (Å²) in [4.78, 5) is 20.1. The Kier molecular flexibility index (Phi) is 3.09. The number of hydrogen-bond acceptors (Lipinski definition) is 7. The maximum Gasteiger partial charge on any atom is 0.199 e. The number of imidazole rings is 1. The van der Waals surface area contributed by atoms with Gasteiger partial charge in [0.1, 0.15) is 5.52 Å². The molecule has 0 aliphatic carbocycles. The first-order valence-electron chi connectivity index (χ1n) is 7.17. The van der Waals surface area contributed by atoms with Crippen molar-refractivity contribution in [3.63, 3.8) is 0 Å². The van der Waals surface area contributed by atoms with E-state index in [1.54, 1.807) is 24.5 Å². The molecule has 3 heterocycles. The second kappa shape index (κ2) is 5.27. The van der Waals surface area contributed by atoms with E-state index in [4.69, 9.17) is 10.4 Å². The minimum absolute atomic E-state index is 0.00593. The Morgan fingerprint density at radius 1 is 1.17 bits per heavy atom. The molecule has 4 aromatic rings. The zero-order valence-corrected chi connectivity index (χ0v) is 12.7. The number of benzene rings is 1. The first kappa shape index (κ1) is 14.1. The predicted octanol–water partition coefficient (Wildman–Crippen LogP) is 2.26. The summed E-state index contributed by atoms with van der Waals surface area (Å²) in [5, 5.41) is 7.46. The van der Waals surface area contributed by atoms with Gasteiger partial charge < -0.3 is 5.73 Å². The maximum absolute atomic E-state index is 11.5. The fourth-order valence-corrected chi connectivity index (χ4v) is 2.55. The minimum Gasteiger partial charge on any atom is -0.379 e. The third-order valence-electron chi connectivity index (χ3n) is 3.71. The van der Waals surface area contributed by atoms with Crippen molar-refractivity contribution in [2.75, 3.05) is 5.73 Å². The van der Waals surface area contributed by atoms with Gasteiger partial charge in [0.15, 0.2) is 23.1 Å². The number of ketones is 1. The van der Waals surface area contributed by atoms with Crippen molar-refractivity contribution < 1.29 is 9.42 Å². The molecule has 0 radical (unpaired) electrons. The van der Waals surface area contributed by atoms with Crippen LogP contribution in [-0.4, -0.2) is 30.6 Å². The van der Waals surface area contributed by atoms with Crippen molar-refractivity contribution in [3.05, 3.63) is 48.3 Å². The van der Waals surface area contributed by atoms with E-state index in [1.165, 1.54) is 6.92 Å². The second-order valence-corrected chi connectivity index (χ2v) is 5.24. The molecular weight excluding hydrogens is 308 g/mol. The third kappa shape index (κ3) is 2.12. The van der Waals surface area contributed by atoms with Gasteiger partial charge in [-0.2, -0.15) is 0 Å². The summed E-state index contributed by atoms with van der Waals surface area (Å²) in [5.74, 6) is 0.651. The molecule has 0 amide bonds. The quantitative estimate of drug-likeness (QED) is 0.576. The molecule has 2 N–H and O–H groups in total. The highest BCUT2D eigenvalue weighted by Crippen LogP contribution is 2.29. The van der Waals surface area contributed by atoms with E-state index in [-0.39, 0.29) is 11.6 Å². The molecule has 0 saturated heterocycles. The number of nitrogens with zero attached hydrogens (tertiary/aromatic N) is 5. The first-order valence-corrected chi connectivity index (χ1v) is 7.17. The lowest BCUT2D eigenvalue weighted by atomic mass is 10.1. The first-order chi connectivity index (χ1) is 11.6. The van der Waals surface area contributed by atoms with Gasteiger partial charge in [0, 0.05) is 17.4 Å². The maximum atomic E-state index is 11.5. The smallest absolute Gasteiger partial charge is 0.199 e. The Balaban J connectivity index is 1.99. The summed E-state index contributed by atoms with van der Waals surface area (Å²) in [6, 6.07) is 9.04.